The van der Waals surface area contributed by atoms with Crippen molar-refractivity contribution in [3.05, 3.63) is 0 Å². The lowest BCUT2D eigenvalue weighted by molar-refractivity contribution is -0.170. The van der Waals surface area contributed by atoms with Crippen LogP contribution in [0.1, 0.15) is 71.1 Å². The molecule has 0 radical (unpaired) electrons. The molecule has 8 rings (SSSR count). The van der Waals surface area contributed by atoms with E-state index in [1.54, 1.807) is 6.92 Å². The maximum atomic E-state index is 11.9. The average Bonchev–Trinajstić information content (AvgIpc) is 2.73. The zero-order valence-electron chi connectivity index (χ0n) is 19.8. The van der Waals surface area contributed by atoms with Crippen molar-refractivity contribution in [2.24, 2.45) is 52.1 Å². The highest BCUT2D eigenvalue weighted by atomic mass is 35.5. The molecule has 8 bridgehead atoms. The first-order valence-corrected chi connectivity index (χ1v) is 12.5. The van der Waals surface area contributed by atoms with Crippen molar-refractivity contribution in [1.29, 1.82) is 0 Å². The van der Waals surface area contributed by atoms with E-state index < -0.39 is 11.4 Å². The molecule has 186 valence electrons. The predicted octanol–water partition coefficient (Wildman–Crippen LogP) is 3.14. The summed E-state index contributed by atoms with van der Waals surface area (Å²) >= 11 is 0. The lowest BCUT2D eigenvalue weighted by Gasteiger charge is -2.58. The second-order valence-electron chi connectivity index (χ2n) is 12.1. The molecule has 0 heterocycles. The Kier molecular flexibility index (Phi) is 6.54. The van der Waals surface area contributed by atoms with E-state index >= 15 is 0 Å². The number of nitrogens with two attached hydrogens (primary N) is 1. The summed E-state index contributed by atoms with van der Waals surface area (Å²) in [6.07, 6.45) is 10.1. The number of nitrogens with one attached hydrogen (secondary N) is 1. The molecule has 1 amide bonds. The molecule has 7 nitrogen and oxygen atoms in total. The zero-order valence-corrected chi connectivity index (χ0v) is 20.6. The molecule has 0 aromatic rings. The van der Waals surface area contributed by atoms with E-state index in [1.165, 1.54) is 20.0 Å². The molecule has 8 aliphatic rings. The molecule has 4 N–H and O–H groups in total. The molecule has 8 fully saturated rings. The van der Waals surface area contributed by atoms with E-state index in [0.717, 1.165) is 57.3 Å². The summed E-state index contributed by atoms with van der Waals surface area (Å²) in [4.78, 5) is 34.6. The van der Waals surface area contributed by atoms with Gasteiger partial charge in [0, 0.05) is 19.0 Å². The smallest absolute Gasteiger partial charge is 0.311 e. The van der Waals surface area contributed by atoms with E-state index in [9.17, 15) is 19.5 Å². The Morgan fingerprint density at radius 3 is 1.76 bits per heavy atom. The van der Waals surface area contributed by atoms with Gasteiger partial charge >= 0.3 is 11.9 Å². The number of rotatable bonds is 3. The van der Waals surface area contributed by atoms with Crippen molar-refractivity contribution in [1.82, 2.24) is 5.32 Å². The van der Waals surface area contributed by atoms with Gasteiger partial charge in [-0.2, -0.15) is 0 Å². The fourth-order valence-corrected chi connectivity index (χ4v) is 9.29. The maximum Gasteiger partial charge on any atom is 0.311 e. The number of esters is 1. The van der Waals surface area contributed by atoms with Crippen molar-refractivity contribution < 1.29 is 24.2 Å². The Labute approximate surface area is 202 Å². The van der Waals surface area contributed by atoms with Crippen LogP contribution in [0, 0.1) is 46.3 Å². The molecule has 10 atom stereocenters. The van der Waals surface area contributed by atoms with Crippen LogP contribution in [0.3, 0.4) is 0 Å². The molecule has 0 aliphatic heterocycles. The fourth-order valence-electron chi connectivity index (χ4n) is 9.29. The first-order valence-electron chi connectivity index (χ1n) is 12.5. The summed E-state index contributed by atoms with van der Waals surface area (Å²) in [6, 6.07) is 0.579. The monoisotopic (exact) mass is 482 g/mol. The summed E-state index contributed by atoms with van der Waals surface area (Å²) in [7, 11) is 1.51. The van der Waals surface area contributed by atoms with Crippen LogP contribution >= 0.6 is 12.4 Å². The molecule has 33 heavy (non-hydrogen) atoms. The molecule has 0 aromatic heterocycles. The van der Waals surface area contributed by atoms with Gasteiger partial charge < -0.3 is 20.9 Å². The van der Waals surface area contributed by atoms with E-state index in [4.69, 9.17) is 10.5 Å². The van der Waals surface area contributed by atoms with Crippen molar-refractivity contribution in [2.75, 3.05) is 7.11 Å². The number of aliphatic carboxylic acids is 1. The number of methoxy groups -OCH3 is 1. The number of ether oxygens (including phenoxy) is 1. The predicted molar refractivity (Wildman–Crippen MR) is 124 cm³/mol. The van der Waals surface area contributed by atoms with Crippen LogP contribution in [0.2, 0.25) is 0 Å². The minimum atomic E-state index is -0.613. The van der Waals surface area contributed by atoms with Crippen molar-refractivity contribution >= 4 is 30.3 Å². The van der Waals surface area contributed by atoms with Crippen molar-refractivity contribution in [3.63, 3.8) is 0 Å². The van der Waals surface area contributed by atoms with Crippen LogP contribution in [0.5, 0.6) is 0 Å². The SMILES string of the molecule is CC(=O)NC1C2CC3C[C@@H]1CC(C(=O)O)(C3)C2.COC(=O)C12CC3CC(C1)C(N)[C@H](C3)C2.Cl. The normalized spacial score (nSPS) is 47.7. The highest BCUT2D eigenvalue weighted by Gasteiger charge is 2.59. The van der Waals surface area contributed by atoms with Gasteiger partial charge in [0.15, 0.2) is 0 Å². The third-order valence-electron chi connectivity index (χ3n) is 10.1. The number of amides is 1. The lowest BCUT2D eigenvalue weighted by atomic mass is 9.48. The Bertz CT molecular complexity index is 787. The van der Waals surface area contributed by atoms with E-state index in [2.05, 4.69) is 5.32 Å². The Balaban J connectivity index is 0.000000153. The highest BCUT2D eigenvalue weighted by molar-refractivity contribution is 5.85. The first-order chi connectivity index (χ1) is 15.1. The number of carboxylic acids is 1. The summed E-state index contributed by atoms with van der Waals surface area (Å²) in [6.45, 7) is 1.55. The van der Waals surface area contributed by atoms with Crippen LogP contribution in [0.4, 0.5) is 0 Å². The van der Waals surface area contributed by atoms with Gasteiger partial charge in [-0.25, -0.2) is 0 Å². The quantitative estimate of drug-likeness (QED) is 0.532. The molecule has 8 heteroatoms. The van der Waals surface area contributed by atoms with Crippen LogP contribution in [-0.2, 0) is 19.1 Å². The standard InChI is InChI=1S/C13H19NO3.C12H19NO2.ClH/c1-7(15)14-11-9-2-8-3-10(11)6-13(4-8,5-9)12(16)17;1-15-11(14)12-4-7-2-8(5-12)10(13)9(3-7)6-12;/h8-11H,2-6H2,1H3,(H,14,15)(H,16,17);7-10H,2-6,13H2,1H3;1H/t8?,9-,10?,11?,13?;7?,8-,9?,10?,12?;/m11./s1. The van der Waals surface area contributed by atoms with Gasteiger partial charge in [-0.15, -0.1) is 12.4 Å². The second-order valence-corrected chi connectivity index (χ2v) is 12.1. The molecule has 8 aliphatic carbocycles. The average molecular weight is 483 g/mol. The number of hydrogen-bond acceptors (Lipinski definition) is 5. The van der Waals surface area contributed by atoms with Crippen LogP contribution in [0.15, 0.2) is 0 Å². The zero-order chi connectivity index (χ0) is 22.8. The van der Waals surface area contributed by atoms with Gasteiger partial charge in [-0.3, -0.25) is 14.4 Å². The number of halogens is 1. The lowest BCUT2D eigenvalue weighted by Crippen LogP contribution is -2.60. The molecule has 0 spiro atoms. The van der Waals surface area contributed by atoms with Crippen LogP contribution in [-0.4, -0.2) is 42.1 Å². The molecular formula is C25H39ClN2O5. The minimum Gasteiger partial charge on any atom is -0.481 e. The molecule has 8 unspecified atom stereocenters. The number of hydrogen-bond donors (Lipinski definition) is 3. The van der Waals surface area contributed by atoms with Crippen molar-refractivity contribution in [3.8, 4) is 0 Å². The Morgan fingerprint density at radius 2 is 1.30 bits per heavy atom. The van der Waals surface area contributed by atoms with E-state index in [-0.39, 0.29) is 35.7 Å². The van der Waals surface area contributed by atoms with Gasteiger partial charge in [-0.05, 0) is 99.7 Å². The first kappa shape index (κ1) is 24.8. The summed E-state index contributed by atoms with van der Waals surface area (Å²) in [5.41, 5.74) is 5.60. The Hall–Kier alpha value is -1.34. The van der Waals surface area contributed by atoms with Crippen LogP contribution in [0.25, 0.3) is 0 Å². The van der Waals surface area contributed by atoms with Crippen LogP contribution < -0.4 is 11.1 Å². The van der Waals surface area contributed by atoms with Gasteiger partial charge in [-0.1, -0.05) is 0 Å². The van der Waals surface area contributed by atoms with Crippen molar-refractivity contribution in [2.45, 2.75) is 83.2 Å². The number of carbonyl (C=O) groups is 3. The van der Waals surface area contributed by atoms with E-state index in [1.807, 2.05) is 0 Å². The summed E-state index contributed by atoms with van der Waals surface area (Å²) < 4.78 is 4.99. The van der Waals surface area contributed by atoms with Gasteiger partial charge in [0.25, 0.3) is 0 Å². The number of carboxylic acid groups (broad SMARTS) is 1. The molecule has 0 saturated heterocycles. The summed E-state index contributed by atoms with van der Waals surface area (Å²) in [5, 5.41) is 12.5. The minimum absolute atomic E-state index is 0. The topological polar surface area (TPSA) is 119 Å². The molecular weight excluding hydrogens is 444 g/mol. The second kappa shape index (κ2) is 8.71. The molecule has 8 saturated carbocycles. The largest absolute Gasteiger partial charge is 0.481 e. The third kappa shape index (κ3) is 4.07. The Morgan fingerprint density at radius 1 is 0.848 bits per heavy atom. The third-order valence-corrected chi connectivity index (χ3v) is 10.1. The fraction of sp³-hybridized carbons (Fsp3) is 0.880. The van der Waals surface area contributed by atoms with Gasteiger partial charge in [0.05, 0.1) is 17.9 Å². The summed E-state index contributed by atoms with van der Waals surface area (Å²) in [5.74, 6) is 2.68. The molecule has 0 aromatic carbocycles. The maximum absolute atomic E-state index is 11.9. The van der Waals surface area contributed by atoms with Gasteiger partial charge in [0.2, 0.25) is 5.91 Å². The van der Waals surface area contributed by atoms with E-state index in [0.29, 0.717) is 35.6 Å². The number of carbonyl (C=O) groups excluding carboxylic acids is 2. The van der Waals surface area contributed by atoms with Gasteiger partial charge in [0.1, 0.15) is 0 Å². The highest BCUT2D eigenvalue weighted by Crippen LogP contribution is 2.61.